The molecule has 4 heteroatoms. The number of rotatable bonds is 1. The van der Waals surface area contributed by atoms with Crippen molar-refractivity contribution in [3.63, 3.8) is 0 Å². The van der Waals surface area contributed by atoms with Crippen LogP contribution in [-0.2, 0) is 4.79 Å². The first-order chi connectivity index (χ1) is 4.72. The number of nitrogens with one attached hydrogen (secondary N) is 1. The van der Waals surface area contributed by atoms with Crippen molar-refractivity contribution in [2.75, 3.05) is 6.54 Å². The summed E-state index contributed by atoms with van der Waals surface area (Å²) in [5, 5.41) is 11.5. The van der Waals surface area contributed by atoms with Gasteiger partial charge in [0.05, 0.1) is 0 Å². The second-order valence-electron chi connectivity index (χ2n) is 3.04. The normalized spacial score (nSPS) is 50.5. The van der Waals surface area contributed by atoms with Crippen molar-refractivity contribution in [1.29, 1.82) is 0 Å². The largest absolute Gasteiger partial charge is 0.480 e. The van der Waals surface area contributed by atoms with Crippen LogP contribution < -0.4 is 11.1 Å². The van der Waals surface area contributed by atoms with Crippen molar-refractivity contribution in [2.24, 2.45) is 17.6 Å². The molecule has 0 radical (unpaired) electrons. The third kappa shape index (κ3) is 0.602. The molecule has 4 atom stereocenters. The zero-order chi connectivity index (χ0) is 7.30. The molecule has 0 spiro atoms. The van der Waals surface area contributed by atoms with Gasteiger partial charge in [-0.15, -0.1) is 0 Å². The molecule has 0 aromatic rings. The number of carbonyl (C=O) groups is 1. The van der Waals surface area contributed by atoms with Crippen LogP contribution in [-0.4, -0.2) is 29.7 Å². The molecular formula is C6H10N2O2. The Labute approximate surface area is 58.4 Å². The molecule has 1 saturated carbocycles. The highest BCUT2D eigenvalue weighted by Crippen LogP contribution is 2.43. The molecule has 56 valence electrons. The summed E-state index contributed by atoms with van der Waals surface area (Å²) in [5.74, 6) is -0.126. The third-order valence-electron chi connectivity index (χ3n) is 2.52. The molecule has 2 rings (SSSR count). The van der Waals surface area contributed by atoms with Gasteiger partial charge in [0.25, 0.3) is 0 Å². The summed E-state index contributed by atoms with van der Waals surface area (Å²) in [6.07, 6.45) is 0. The van der Waals surface area contributed by atoms with Crippen LogP contribution in [0.5, 0.6) is 0 Å². The first-order valence-corrected chi connectivity index (χ1v) is 3.43. The number of hydrogen-bond acceptors (Lipinski definition) is 3. The topological polar surface area (TPSA) is 75.3 Å². The van der Waals surface area contributed by atoms with E-state index in [0.717, 1.165) is 6.54 Å². The van der Waals surface area contributed by atoms with Crippen molar-refractivity contribution in [3.05, 3.63) is 0 Å². The maximum Gasteiger partial charge on any atom is 0.321 e. The summed E-state index contributed by atoms with van der Waals surface area (Å²) in [6.45, 7) is 0.781. The van der Waals surface area contributed by atoms with E-state index in [2.05, 4.69) is 5.32 Å². The maximum atomic E-state index is 10.5. The zero-order valence-corrected chi connectivity index (χ0v) is 5.45. The predicted octanol–water partition coefficient (Wildman–Crippen LogP) is -1.38. The van der Waals surface area contributed by atoms with Crippen LogP contribution in [0.2, 0.25) is 0 Å². The maximum absolute atomic E-state index is 10.5. The molecule has 4 nitrogen and oxygen atoms in total. The molecule has 0 bridgehead atoms. The molecule has 1 saturated heterocycles. The average molecular weight is 142 g/mol. The predicted molar refractivity (Wildman–Crippen MR) is 34.4 cm³/mol. The fourth-order valence-electron chi connectivity index (χ4n) is 1.82. The van der Waals surface area contributed by atoms with Gasteiger partial charge in [0.1, 0.15) is 6.04 Å². The van der Waals surface area contributed by atoms with E-state index in [4.69, 9.17) is 10.8 Å². The van der Waals surface area contributed by atoms with Gasteiger partial charge in [0.2, 0.25) is 0 Å². The Kier molecular flexibility index (Phi) is 1.04. The standard InChI is InChI=1S/C6H10N2O2/c7-4-2-1-8-5(3(2)4)6(9)10/h2-5,8H,1,7H2,(H,9,10)/t2?,3?,4?,5-/m0/s1. The van der Waals surface area contributed by atoms with Gasteiger partial charge < -0.3 is 16.2 Å². The minimum Gasteiger partial charge on any atom is -0.480 e. The average Bonchev–Trinajstić information content (AvgIpc) is 2.42. The van der Waals surface area contributed by atoms with Crippen molar-refractivity contribution < 1.29 is 9.90 Å². The van der Waals surface area contributed by atoms with E-state index in [1.807, 2.05) is 0 Å². The molecule has 0 aromatic carbocycles. The molecule has 1 heterocycles. The van der Waals surface area contributed by atoms with E-state index in [1.165, 1.54) is 0 Å². The Bertz CT molecular complexity index is 183. The number of piperidine rings is 1. The lowest BCUT2D eigenvalue weighted by Gasteiger charge is -2.07. The summed E-state index contributed by atoms with van der Waals surface area (Å²) in [7, 11) is 0. The summed E-state index contributed by atoms with van der Waals surface area (Å²) in [4.78, 5) is 10.5. The number of hydrogen-bond donors (Lipinski definition) is 3. The summed E-state index contributed by atoms with van der Waals surface area (Å²) in [5.41, 5.74) is 5.60. The SMILES string of the molecule is NC1C2CN[C@H](C(=O)O)C12. The van der Waals surface area contributed by atoms with Crippen LogP contribution in [0.25, 0.3) is 0 Å². The van der Waals surface area contributed by atoms with Crippen molar-refractivity contribution >= 4 is 5.97 Å². The monoisotopic (exact) mass is 142 g/mol. The quantitative estimate of drug-likeness (QED) is 0.421. The van der Waals surface area contributed by atoms with Gasteiger partial charge in [0.15, 0.2) is 0 Å². The first-order valence-electron chi connectivity index (χ1n) is 3.43. The molecule has 2 fully saturated rings. The minimum absolute atomic E-state index is 0.141. The lowest BCUT2D eigenvalue weighted by atomic mass is 10.2. The van der Waals surface area contributed by atoms with Gasteiger partial charge in [0, 0.05) is 18.5 Å². The molecule has 4 N–H and O–H groups in total. The highest BCUT2D eigenvalue weighted by molar-refractivity contribution is 5.75. The van der Waals surface area contributed by atoms with E-state index in [9.17, 15) is 4.79 Å². The van der Waals surface area contributed by atoms with Gasteiger partial charge in [-0.1, -0.05) is 0 Å². The van der Waals surface area contributed by atoms with Crippen LogP contribution >= 0.6 is 0 Å². The van der Waals surface area contributed by atoms with Gasteiger partial charge in [-0.2, -0.15) is 0 Å². The second-order valence-corrected chi connectivity index (χ2v) is 3.04. The van der Waals surface area contributed by atoms with Gasteiger partial charge in [-0.3, -0.25) is 4.79 Å². The Hall–Kier alpha value is -0.610. The highest BCUT2D eigenvalue weighted by Gasteiger charge is 2.58. The van der Waals surface area contributed by atoms with Gasteiger partial charge in [-0.05, 0) is 5.92 Å². The van der Waals surface area contributed by atoms with Gasteiger partial charge in [-0.25, -0.2) is 0 Å². The molecular weight excluding hydrogens is 132 g/mol. The van der Waals surface area contributed by atoms with Crippen LogP contribution in [0.4, 0.5) is 0 Å². The van der Waals surface area contributed by atoms with Crippen molar-refractivity contribution in [2.45, 2.75) is 12.1 Å². The Morgan fingerprint density at radius 1 is 1.70 bits per heavy atom. The Balaban J connectivity index is 2.07. The first kappa shape index (κ1) is 6.12. The molecule has 10 heavy (non-hydrogen) atoms. The molecule has 3 unspecified atom stereocenters. The van der Waals surface area contributed by atoms with Crippen LogP contribution in [0.3, 0.4) is 0 Å². The lowest BCUT2D eigenvalue weighted by molar-refractivity contribution is -0.139. The number of carboxylic acids is 1. The minimum atomic E-state index is -0.763. The number of fused-ring (bicyclic) bond motifs is 1. The van der Waals surface area contributed by atoms with E-state index in [0.29, 0.717) is 5.92 Å². The summed E-state index contributed by atoms with van der Waals surface area (Å²) < 4.78 is 0. The van der Waals surface area contributed by atoms with Crippen molar-refractivity contribution in [3.8, 4) is 0 Å². The molecule has 0 aromatic heterocycles. The Morgan fingerprint density at radius 2 is 2.40 bits per heavy atom. The van der Waals surface area contributed by atoms with E-state index in [-0.39, 0.29) is 18.0 Å². The fourth-order valence-corrected chi connectivity index (χ4v) is 1.82. The molecule has 1 aliphatic heterocycles. The number of nitrogens with two attached hydrogens (primary N) is 1. The van der Waals surface area contributed by atoms with E-state index >= 15 is 0 Å². The number of carboxylic acid groups (broad SMARTS) is 1. The lowest BCUT2D eigenvalue weighted by Crippen LogP contribution is -2.38. The second kappa shape index (κ2) is 1.71. The van der Waals surface area contributed by atoms with Crippen LogP contribution in [0.15, 0.2) is 0 Å². The summed E-state index contributed by atoms with van der Waals surface area (Å²) in [6, 6.07) is -0.234. The summed E-state index contributed by atoms with van der Waals surface area (Å²) >= 11 is 0. The van der Waals surface area contributed by atoms with E-state index in [1.54, 1.807) is 0 Å². The molecule has 1 aliphatic carbocycles. The Morgan fingerprint density at radius 3 is 2.70 bits per heavy atom. The highest BCUT2D eigenvalue weighted by atomic mass is 16.4. The van der Waals surface area contributed by atoms with Crippen LogP contribution in [0, 0.1) is 11.8 Å². The van der Waals surface area contributed by atoms with E-state index < -0.39 is 5.97 Å². The van der Waals surface area contributed by atoms with Gasteiger partial charge >= 0.3 is 5.97 Å². The molecule has 0 amide bonds. The van der Waals surface area contributed by atoms with Crippen LogP contribution in [0.1, 0.15) is 0 Å². The zero-order valence-electron chi connectivity index (χ0n) is 5.45. The molecule has 2 aliphatic rings. The number of aliphatic carboxylic acids is 1. The fraction of sp³-hybridized carbons (Fsp3) is 0.833. The van der Waals surface area contributed by atoms with Crippen molar-refractivity contribution in [1.82, 2.24) is 5.32 Å². The third-order valence-corrected chi connectivity index (χ3v) is 2.52. The smallest absolute Gasteiger partial charge is 0.321 e.